The topological polar surface area (TPSA) is 70.0 Å². The molecule has 2 aliphatic heterocycles. The van der Waals surface area contributed by atoms with Crippen LogP contribution in [-0.2, 0) is 4.74 Å². The lowest BCUT2D eigenvalue weighted by Gasteiger charge is -2.46. The highest BCUT2D eigenvalue weighted by atomic mass is 35.5. The van der Waals surface area contributed by atoms with Crippen LogP contribution in [0, 0.1) is 6.92 Å². The van der Waals surface area contributed by atoms with Crippen LogP contribution in [0.2, 0.25) is 5.02 Å². The van der Waals surface area contributed by atoms with Gasteiger partial charge in [-0.25, -0.2) is 0 Å². The number of benzene rings is 1. The number of hydrogen-bond donors (Lipinski definition) is 2. The molecule has 1 aromatic carbocycles. The fourth-order valence-electron chi connectivity index (χ4n) is 3.39. The van der Waals surface area contributed by atoms with E-state index in [2.05, 4.69) is 0 Å². The zero-order chi connectivity index (χ0) is 16.6. The summed E-state index contributed by atoms with van der Waals surface area (Å²) in [5, 5.41) is 19.9. The Hall–Kier alpha value is -1.14. The molecule has 2 fully saturated rings. The predicted octanol–water partition coefficient (Wildman–Crippen LogP) is 1.77. The van der Waals surface area contributed by atoms with E-state index in [-0.39, 0.29) is 12.5 Å². The number of amides is 1. The quantitative estimate of drug-likeness (QED) is 0.818. The molecule has 3 rings (SSSR count). The predicted molar refractivity (Wildman–Crippen MR) is 86.6 cm³/mol. The van der Waals surface area contributed by atoms with Gasteiger partial charge in [0.05, 0.1) is 28.9 Å². The molecular weight excluding hydrogens is 318 g/mol. The van der Waals surface area contributed by atoms with E-state index >= 15 is 0 Å². The number of nitrogens with zero attached hydrogens (tertiary/aromatic N) is 1. The number of aliphatic hydroxyl groups is 2. The number of likely N-dealkylation sites (tertiary alicyclic amines) is 1. The number of ether oxygens (including phenoxy) is 1. The Labute approximate surface area is 140 Å². The van der Waals surface area contributed by atoms with E-state index in [0.29, 0.717) is 42.9 Å². The summed E-state index contributed by atoms with van der Waals surface area (Å²) in [4.78, 5) is 14.5. The monoisotopic (exact) mass is 339 g/mol. The minimum Gasteiger partial charge on any atom is -0.390 e. The number of aryl methyl sites for hydroxylation is 1. The maximum atomic E-state index is 12.7. The van der Waals surface area contributed by atoms with E-state index in [1.165, 1.54) is 0 Å². The largest absolute Gasteiger partial charge is 0.390 e. The first kappa shape index (κ1) is 16.7. The molecule has 2 N–H and O–H groups in total. The van der Waals surface area contributed by atoms with Crippen LogP contribution in [0.5, 0.6) is 0 Å². The number of hydrogen-bond acceptors (Lipinski definition) is 4. The normalized spacial score (nSPS) is 27.2. The number of carbonyl (C=O) groups is 1. The molecule has 1 amide bonds. The first-order valence-corrected chi connectivity index (χ1v) is 8.33. The molecule has 0 unspecified atom stereocenters. The van der Waals surface area contributed by atoms with Gasteiger partial charge < -0.3 is 19.8 Å². The van der Waals surface area contributed by atoms with Gasteiger partial charge in [0.2, 0.25) is 0 Å². The second kappa shape index (κ2) is 6.40. The van der Waals surface area contributed by atoms with Crippen molar-refractivity contribution in [3.63, 3.8) is 0 Å². The van der Waals surface area contributed by atoms with Crippen LogP contribution < -0.4 is 0 Å². The van der Waals surface area contributed by atoms with Gasteiger partial charge in [-0.2, -0.15) is 0 Å². The standard InChI is InChI=1S/C17H22ClNO4/c1-11-2-3-13(18)12(8-11)16(22)19-6-4-17(5-7-19)9-14(20)15(21)10-23-17/h2-3,8,14-15,20-21H,4-7,9-10H2,1H3/t14-,15+/m1/s1. The number of halogens is 1. The van der Waals surface area contributed by atoms with Gasteiger partial charge in [0, 0.05) is 19.5 Å². The van der Waals surface area contributed by atoms with Crippen molar-refractivity contribution in [1.29, 1.82) is 0 Å². The lowest BCUT2D eigenvalue weighted by Crippen LogP contribution is -2.55. The van der Waals surface area contributed by atoms with E-state index in [4.69, 9.17) is 16.3 Å². The van der Waals surface area contributed by atoms with Crippen molar-refractivity contribution in [3.05, 3.63) is 34.3 Å². The number of piperidine rings is 1. The van der Waals surface area contributed by atoms with Crippen molar-refractivity contribution in [2.75, 3.05) is 19.7 Å². The molecule has 1 aromatic rings. The molecule has 1 spiro atoms. The van der Waals surface area contributed by atoms with Gasteiger partial charge in [0.15, 0.2) is 0 Å². The van der Waals surface area contributed by atoms with Crippen molar-refractivity contribution >= 4 is 17.5 Å². The highest BCUT2D eigenvalue weighted by molar-refractivity contribution is 6.33. The van der Waals surface area contributed by atoms with Crippen molar-refractivity contribution in [2.24, 2.45) is 0 Å². The Morgan fingerprint density at radius 3 is 2.65 bits per heavy atom. The van der Waals surface area contributed by atoms with Gasteiger partial charge in [0.25, 0.3) is 5.91 Å². The van der Waals surface area contributed by atoms with Crippen molar-refractivity contribution in [3.8, 4) is 0 Å². The lowest BCUT2D eigenvalue weighted by molar-refractivity contribution is -0.185. The van der Waals surface area contributed by atoms with Crippen molar-refractivity contribution in [2.45, 2.75) is 44.0 Å². The van der Waals surface area contributed by atoms with Crippen LogP contribution in [-0.4, -0.2) is 58.5 Å². The smallest absolute Gasteiger partial charge is 0.255 e. The molecular formula is C17H22ClNO4. The van der Waals surface area contributed by atoms with Gasteiger partial charge in [-0.15, -0.1) is 0 Å². The Bertz CT molecular complexity index is 598. The van der Waals surface area contributed by atoms with Crippen LogP contribution in [0.3, 0.4) is 0 Å². The van der Waals surface area contributed by atoms with Gasteiger partial charge in [-0.3, -0.25) is 4.79 Å². The summed E-state index contributed by atoms with van der Waals surface area (Å²) >= 11 is 6.15. The van der Waals surface area contributed by atoms with E-state index in [1.54, 1.807) is 11.0 Å². The van der Waals surface area contributed by atoms with E-state index < -0.39 is 17.8 Å². The number of aliphatic hydroxyl groups excluding tert-OH is 2. The maximum Gasteiger partial charge on any atom is 0.255 e. The third-order valence-electron chi connectivity index (χ3n) is 4.90. The third-order valence-corrected chi connectivity index (χ3v) is 5.23. The molecule has 0 aromatic heterocycles. The van der Waals surface area contributed by atoms with E-state index in [9.17, 15) is 15.0 Å². The zero-order valence-corrected chi connectivity index (χ0v) is 13.9. The molecule has 0 aliphatic carbocycles. The minimum absolute atomic E-state index is 0.0649. The fraction of sp³-hybridized carbons (Fsp3) is 0.588. The first-order chi connectivity index (χ1) is 10.9. The highest BCUT2D eigenvalue weighted by Crippen LogP contribution is 2.35. The summed E-state index contributed by atoms with van der Waals surface area (Å²) in [6.45, 7) is 3.21. The summed E-state index contributed by atoms with van der Waals surface area (Å²) in [6.07, 6.45) is 0.169. The Morgan fingerprint density at radius 1 is 1.30 bits per heavy atom. The van der Waals surface area contributed by atoms with Crippen LogP contribution in [0.15, 0.2) is 18.2 Å². The Kier molecular flexibility index (Phi) is 4.65. The van der Waals surface area contributed by atoms with E-state index in [0.717, 1.165) is 5.56 Å². The summed E-state index contributed by atoms with van der Waals surface area (Å²) < 4.78 is 5.79. The van der Waals surface area contributed by atoms with Crippen molar-refractivity contribution in [1.82, 2.24) is 4.90 Å². The third kappa shape index (κ3) is 3.38. The molecule has 0 radical (unpaired) electrons. The molecule has 5 nitrogen and oxygen atoms in total. The molecule has 2 saturated heterocycles. The minimum atomic E-state index is -0.814. The van der Waals surface area contributed by atoms with Gasteiger partial charge in [-0.1, -0.05) is 23.2 Å². The van der Waals surface area contributed by atoms with Crippen molar-refractivity contribution < 1.29 is 19.7 Å². The SMILES string of the molecule is Cc1ccc(Cl)c(C(=O)N2CCC3(CC2)C[C@@H](O)[C@@H](O)CO3)c1. The summed E-state index contributed by atoms with van der Waals surface area (Å²) in [6, 6.07) is 5.44. The van der Waals surface area contributed by atoms with Crippen LogP contribution in [0.25, 0.3) is 0 Å². The van der Waals surface area contributed by atoms with Crippen LogP contribution >= 0.6 is 11.6 Å². The van der Waals surface area contributed by atoms with E-state index in [1.807, 2.05) is 19.1 Å². The molecule has 2 atom stereocenters. The summed E-state index contributed by atoms with van der Waals surface area (Å²) in [5.74, 6) is -0.0649. The number of rotatable bonds is 1. The van der Waals surface area contributed by atoms with Gasteiger partial charge >= 0.3 is 0 Å². The molecule has 6 heteroatoms. The van der Waals surface area contributed by atoms with Crippen LogP contribution in [0.1, 0.15) is 35.2 Å². The highest BCUT2D eigenvalue weighted by Gasteiger charge is 2.43. The average molecular weight is 340 g/mol. The Morgan fingerprint density at radius 2 is 2.00 bits per heavy atom. The molecule has 23 heavy (non-hydrogen) atoms. The van der Waals surface area contributed by atoms with Gasteiger partial charge in [0.1, 0.15) is 6.10 Å². The molecule has 2 heterocycles. The van der Waals surface area contributed by atoms with Crippen LogP contribution in [0.4, 0.5) is 0 Å². The average Bonchev–Trinajstić information content (AvgIpc) is 2.54. The summed E-state index contributed by atoms with van der Waals surface area (Å²) in [7, 11) is 0. The Balaban J connectivity index is 1.67. The molecule has 0 saturated carbocycles. The second-order valence-corrected chi connectivity index (χ2v) is 7.02. The first-order valence-electron chi connectivity index (χ1n) is 7.96. The maximum absolute atomic E-state index is 12.7. The fourth-order valence-corrected chi connectivity index (χ4v) is 3.59. The summed E-state index contributed by atoms with van der Waals surface area (Å²) in [5.41, 5.74) is 1.10. The molecule has 126 valence electrons. The second-order valence-electron chi connectivity index (χ2n) is 6.61. The van der Waals surface area contributed by atoms with Gasteiger partial charge in [-0.05, 0) is 31.9 Å². The lowest BCUT2D eigenvalue weighted by atomic mass is 9.82. The number of carbonyl (C=O) groups excluding carboxylic acids is 1. The molecule has 0 bridgehead atoms. The zero-order valence-electron chi connectivity index (χ0n) is 13.2. The molecule has 2 aliphatic rings.